The van der Waals surface area contributed by atoms with E-state index in [0.717, 1.165) is 23.1 Å². The van der Waals surface area contributed by atoms with Gasteiger partial charge in [0.1, 0.15) is 5.52 Å². The number of carbonyl (C=O) groups is 1. The highest BCUT2D eigenvalue weighted by Gasteiger charge is 2.17. The highest BCUT2D eigenvalue weighted by atomic mass is 19.2. The third-order valence-corrected chi connectivity index (χ3v) is 4.51. The molecule has 1 heterocycles. The molecule has 0 N–H and O–H groups in total. The van der Waals surface area contributed by atoms with Crippen molar-refractivity contribution in [1.29, 1.82) is 0 Å². The Hall–Kier alpha value is -3.54. The Morgan fingerprint density at radius 1 is 1.00 bits per heavy atom. The number of fused-ring (bicyclic) bond motifs is 1. The number of rotatable bonds is 4. The van der Waals surface area contributed by atoms with Crippen LogP contribution in [-0.4, -0.2) is 23.0 Å². The minimum absolute atomic E-state index is 0.156. The van der Waals surface area contributed by atoms with Gasteiger partial charge in [-0.15, -0.1) is 0 Å². The van der Waals surface area contributed by atoms with E-state index >= 15 is 0 Å². The lowest BCUT2D eigenvalue weighted by molar-refractivity contribution is 0.0785. The van der Waals surface area contributed by atoms with Crippen LogP contribution < -0.4 is 0 Å². The fraction of sp³-hybridized carbons (Fsp3) is 0.0909. The van der Waals surface area contributed by atoms with Crippen LogP contribution in [0.25, 0.3) is 22.2 Å². The van der Waals surface area contributed by atoms with Gasteiger partial charge in [0.25, 0.3) is 5.91 Å². The first kappa shape index (κ1) is 17.9. The molecule has 0 spiro atoms. The number of benzene rings is 3. The van der Waals surface area contributed by atoms with Crippen molar-refractivity contribution in [3.05, 3.63) is 89.5 Å². The first-order chi connectivity index (χ1) is 13.5. The number of hydrogen-bond donors (Lipinski definition) is 0. The van der Waals surface area contributed by atoms with E-state index in [1.165, 1.54) is 11.0 Å². The van der Waals surface area contributed by atoms with E-state index in [9.17, 15) is 13.6 Å². The molecule has 1 aromatic heterocycles. The van der Waals surface area contributed by atoms with Gasteiger partial charge in [-0.2, -0.15) is 0 Å². The summed E-state index contributed by atoms with van der Waals surface area (Å²) in [5, 5.41) is 4.78. The average Bonchev–Trinajstić information content (AvgIpc) is 3.14. The Morgan fingerprint density at radius 3 is 2.54 bits per heavy atom. The zero-order valence-electron chi connectivity index (χ0n) is 15.0. The number of hydrogen-bond acceptors (Lipinski definition) is 3. The molecule has 0 aliphatic rings. The third kappa shape index (κ3) is 3.36. The maximum Gasteiger partial charge on any atom is 0.253 e. The molecule has 4 rings (SSSR count). The van der Waals surface area contributed by atoms with Gasteiger partial charge in [0.15, 0.2) is 17.4 Å². The van der Waals surface area contributed by atoms with Crippen molar-refractivity contribution >= 4 is 16.8 Å². The third-order valence-electron chi connectivity index (χ3n) is 4.51. The first-order valence-electron chi connectivity index (χ1n) is 8.67. The van der Waals surface area contributed by atoms with E-state index in [0.29, 0.717) is 22.4 Å². The van der Waals surface area contributed by atoms with Gasteiger partial charge >= 0.3 is 0 Å². The Balaban J connectivity index is 1.62. The number of carbonyl (C=O) groups excluding carboxylic acids is 1. The first-order valence-corrected chi connectivity index (χ1v) is 8.67. The summed E-state index contributed by atoms with van der Waals surface area (Å²) in [6.45, 7) is 0.156. The van der Waals surface area contributed by atoms with Gasteiger partial charge in [-0.05, 0) is 35.9 Å². The van der Waals surface area contributed by atoms with Gasteiger partial charge in [-0.25, -0.2) is 8.78 Å². The molecule has 0 aliphatic carbocycles. The maximum atomic E-state index is 13.4. The van der Waals surface area contributed by atoms with E-state index < -0.39 is 11.6 Å². The van der Waals surface area contributed by atoms with Crippen molar-refractivity contribution in [2.45, 2.75) is 6.54 Å². The average molecular weight is 378 g/mol. The Morgan fingerprint density at radius 2 is 1.79 bits per heavy atom. The molecule has 3 aromatic carbocycles. The summed E-state index contributed by atoms with van der Waals surface area (Å²) in [6.07, 6.45) is 0. The second-order valence-corrected chi connectivity index (χ2v) is 6.52. The van der Waals surface area contributed by atoms with Crippen LogP contribution in [0.5, 0.6) is 0 Å². The lowest BCUT2D eigenvalue weighted by Gasteiger charge is -2.17. The zero-order valence-corrected chi connectivity index (χ0v) is 15.0. The molecule has 0 fully saturated rings. The number of halogens is 2. The van der Waals surface area contributed by atoms with Crippen molar-refractivity contribution in [3.8, 4) is 11.3 Å². The Kier molecular flexibility index (Phi) is 4.61. The predicted octanol–water partition coefficient (Wildman–Crippen LogP) is 5.05. The van der Waals surface area contributed by atoms with Gasteiger partial charge in [0.2, 0.25) is 0 Å². The fourth-order valence-electron chi connectivity index (χ4n) is 3.08. The normalized spacial score (nSPS) is 11.0. The summed E-state index contributed by atoms with van der Waals surface area (Å²) in [7, 11) is 1.61. The molecule has 0 saturated carbocycles. The quantitative estimate of drug-likeness (QED) is 0.499. The van der Waals surface area contributed by atoms with Crippen LogP contribution in [0, 0.1) is 11.6 Å². The largest absolute Gasteiger partial charge is 0.355 e. The Bertz CT molecular complexity index is 1160. The molecule has 0 aliphatic heterocycles. The molecule has 4 aromatic rings. The Labute approximate surface area is 160 Å². The molecule has 0 radical (unpaired) electrons. The lowest BCUT2D eigenvalue weighted by atomic mass is 10.1. The van der Waals surface area contributed by atoms with Crippen molar-refractivity contribution in [1.82, 2.24) is 10.1 Å². The molecule has 0 unspecified atom stereocenters. The van der Waals surface area contributed by atoms with E-state index in [4.69, 9.17) is 4.52 Å². The van der Waals surface area contributed by atoms with E-state index in [1.54, 1.807) is 25.2 Å². The van der Waals surface area contributed by atoms with Gasteiger partial charge in [0, 0.05) is 24.7 Å². The molecule has 28 heavy (non-hydrogen) atoms. The molecular formula is C22H16F2N2O2. The van der Waals surface area contributed by atoms with Crippen molar-refractivity contribution in [2.24, 2.45) is 0 Å². The van der Waals surface area contributed by atoms with Crippen LogP contribution in [0.3, 0.4) is 0 Å². The SMILES string of the molecule is CN(Cc1ccc(F)c(F)c1)C(=O)c1ccc2noc(-c3ccccc3)c2c1. The number of amides is 1. The summed E-state index contributed by atoms with van der Waals surface area (Å²) in [6, 6.07) is 18.2. The standard InChI is InChI=1S/C22H16F2N2O2/c1-26(13-14-7-9-18(23)19(24)11-14)22(27)16-8-10-20-17(12-16)21(28-25-20)15-5-3-2-4-6-15/h2-12H,13H2,1H3. The monoisotopic (exact) mass is 378 g/mol. The second kappa shape index (κ2) is 7.23. The van der Waals surface area contributed by atoms with Crippen molar-refractivity contribution < 1.29 is 18.1 Å². The summed E-state index contributed by atoms with van der Waals surface area (Å²) in [5.74, 6) is -1.50. The zero-order chi connectivity index (χ0) is 19.7. The summed E-state index contributed by atoms with van der Waals surface area (Å²) in [5.41, 5.74) is 2.48. The summed E-state index contributed by atoms with van der Waals surface area (Å²) < 4.78 is 32.0. The summed E-state index contributed by atoms with van der Waals surface area (Å²) >= 11 is 0. The highest BCUT2D eigenvalue weighted by Crippen LogP contribution is 2.29. The molecule has 140 valence electrons. The molecular weight excluding hydrogens is 362 g/mol. The van der Waals surface area contributed by atoms with Gasteiger partial charge in [-0.1, -0.05) is 41.6 Å². The molecule has 4 nitrogen and oxygen atoms in total. The maximum absolute atomic E-state index is 13.4. The fourth-order valence-corrected chi connectivity index (χ4v) is 3.08. The van der Waals surface area contributed by atoms with Crippen molar-refractivity contribution in [3.63, 3.8) is 0 Å². The smallest absolute Gasteiger partial charge is 0.253 e. The topological polar surface area (TPSA) is 46.3 Å². The number of aromatic nitrogens is 1. The van der Waals surface area contributed by atoms with Crippen molar-refractivity contribution in [2.75, 3.05) is 7.05 Å². The predicted molar refractivity (Wildman–Crippen MR) is 102 cm³/mol. The molecule has 0 atom stereocenters. The van der Waals surface area contributed by atoms with Gasteiger partial charge in [-0.3, -0.25) is 4.79 Å². The number of nitrogens with zero attached hydrogens (tertiary/aromatic N) is 2. The van der Waals surface area contributed by atoms with Crippen LogP contribution >= 0.6 is 0 Å². The van der Waals surface area contributed by atoms with E-state index in [2.05, 4.69) is 5.16 Å². The van der Waals surface area contributed by atoms with Crippen LogP contribution in [0.1, 0.15) is 15.9 Å². The summed E-state index contributed by atoms with van der Waals surface area (Å²) in [4.78, 5) is 14.3. The van der Waals surface area contributed by atoms with Crippen LogP contribution in [-0.2, 0) is 6.54 Å². The van der Waals surface area contributed by atoms with Crippen LogP contribution in [0.2, 0.25) is 0 Å². The minimum atomic E-state index is -0.934. The molecule has 1 amide bonds. The minimum Gasteiger partial charge on any atom is -0.355 e. The molecule has 6 heteroatoms. The van der Waals surface area contributed by atoms with Crippen LogP contribution in [0.4, 0.5) is 8.78 Å². The van der Waals surface area contributed by atoms with Gasteiger partial charge in [0.05, 0.1) is 5.39 Å². The van der Waals surface area contributed by atoms with Gasteiger partial charge < -0.3 is 9.42 Å². The lowest BCUT2D eigenvalue weighted by Crippen LogP contribution is -2.26. The second-order valence-electron chi connectivity index (χ2n) is 6.52. The highest BCUT2D eigenvalue weighted by molar-refractivity contribution is 6.00. The van der Waals surface area contributed by atoms with E-state index in [1.807, 2.05) is 30.3 Å². The van der Waals surface area contributed by atoms with Crippen LogP contribution in [0.15, 0.2) is 71.3 Å². The molecule has 0 saturated heterocycles. The van der Waals surface area contributed by atoms with E-state index in [-0.39, 0.29) is 12.5 Å². The molecule has 0 bridgehead atoms.